The van der Waals surface area contributed by atoms with Crippen LogP contribution in [0.15, 0.2) is 126 Å². The zero-order valence-electron chi connectivity index (χ0n) is 30.0. The van der Waals surface area contributed by atoms with Crippen molar-refractivity contribution in [3.63, 3.8) is 0 Å². The lowest BCUT2D eigenvalue weighted by Crippen LogP contribution is -2.69. The average molecular weight is 656 g/mol. The first-order valence-corrected chi connectivity index (χ1v) is 18.3. The van der Waals surface area contributed by atoms with Crippen LogP contribution in [0.1, 0.15) is 52.7 Å². The summed E-state index contributed by atoms with van der Waals surface area (Å²) in [6.07, 6.45) is 0. The second-order valence-corrected chi connectivity index (χ2v) is 16.9. The van der Waals surface area contributed by atoms with Gasteiger partial charge in [0.1, 0.15) is 5.58 Å². The quantitative estimate of drug-likeness (QED) is 0.165. The standard InChI is InChI=1S/C46H38B2N2O/c1-45(2,3)27-19-21-29(22-20-27)49-38-24-23-32-30-13-7-10-16-35(30)48-36-17-11-8-14-31(36)34-25-28(46(4,5)6)26-37-41(34)50(48)42(32)40(38)47(37)44-43(49)33-15-9-12-18-39(33)51-44/h7-26H,1-6H3. The van der Waals surface area contributed by atoms with Gasteiger partial charge in [0.2, 0.25) is 0 Å². The van der Waals surface area contributed by atoms with Crippen LogP contribution in [0.2, 0.25) is 0 Å². The van der Waals surface area contributed by atoms with Gasteiger partial charge in [0.15, 0.2) is 0 Å². The van der Waals surface area contributed by atoms with Gasteiger partial charge in [-0.05, 0) is 91.3 Å². The van der Waals surface area contributed by atoms with Crippen LogP contribution in [0, 0.1) is 0 Å². The van der Waals surface area contributed by atoms with E-state index < -0.39 is 0 Å². The molecule has 0 saturated heterocycles. The summed E-state index contributed by atoms with van der Waals surface area (Å²) in [4.78, 5) is 5.20. The van der Waals surface area contributed by atoms with Gasteiger partial charge < -0.3 is 14.1 Å². The highest BCUT2D eigenvalue weighted by molar-refractivity contribution is 7.03. The molecule has 0 N–H and O–H groups in total. The molecule has 244 valence electrons. The van der Waals surface area contributed by atoms with E-state index in [1.807, 2.05) is 0 Å². The van der Waals surface area contributed by atoms with Crippen molar-refractivity contribution in [1.82, 2.24) is 0 Å². The summed E-state index contributed by atoms with van der Waals surface area (Å²) < 4.78 is 7.14. The summed E-state index contributed by atoms with van der Waals surface area (Å²) in [5.41, 5.74) is 21.5. The van der Waals surface area contributed by atoms with E-state index in [-0.39, 0.29) is 24.4 Å². The van der Waals surface area contributed by atoms with Crippen LogP contribution in [0.5, 0.6) is 0 Å². The van der Waals surface area contributed by atoms with Crippen LogP contribution in [-0.2, 0) is 10.8 Å². The minimum absolute atomic E-state index is 0.0387. The molecule has 0 fully saturated rings. The Kier molecular flexibility index (Phi) is 5.56. The molecule has 7 aromatic rings. The highest BCUT2D eigenvalue weighted by Gasteiger charge is 2.53. The normalized spacial score (nSPS) is 14.7. The predicted molar refractivity (Wildman–Crippen MR) is 217 cm³/mol. The van der Waals surface area contributed by atoms with E-state index in [1.165, 1.54) is 72.3 Å². The Morgan fingerprint density at radius 3 is 1.88 bits per heavy atom. The number of nitrogens with zero attached hydrogens (tertiary/aromatic N) is 2. The fourth-order valence-electron chi connectivity index (χ4n) is 9.52. The average Bonchev–Trinajstić information content (AvgIpc) is 3.51. The third-order valence-corrected chi connectivity index (χ3v) is 11.9. The first-order chi connectivity index (χ1) is 24.6. The van der Waals surface area contributed by atoms with Crippen molar-refractivity contribution in [2.75, 3.05) is 9.71 Å². The number of furan rings is 1. The van der Waals surface area contributed by atoms with Crippen LogP contribution >= 0.6 is 0 Å². The molecule has 4 aliphatic rings. The van der Waals surface area contributed by atoms with E-state index >= 15 is 0 Å². The van der Waals surface area contributed by atoms with Gasteiger partial charge in [-0.1, -0.05) is 126 Å². The summed E-state index contributed by atoms with van der Waals surface area (Å²) in [7, 11) is 0. The van der Waals surface area contributed by atoms with Crippen molar-refractivity contribution in [1.29, 1.82) is 0 Å². The van der Waals surface area contributed by atoms with Gasteiger partial charge in [0.25, 0.3) is 6.71 Å². The summed E-state index contributed by atoms with van der Waals surface area (Å²) in [6, 6.07) is 45.8. The summed E-state index contributed by atoms with van der Waals surface area (Å²) in [6.45, 7) is 13.9. The van der Waals surface area contributed by atoms with Crippen LogP contribution < -0.4 is 37.2 Å². The number of para-hydroxylation sites is 1. The van der Waals surface area contributed by atoms with E-state index in [9.17, 15) is 0 Å². The molecule has 0 radical (unpaired) electrons. The van der Waals surface area contributed by atoms with Crippen molar-refractivity contribution in [3.05, 3.63) is 132 Å². The Bertz CT molecular complexity index is 2640. The van der Waals surface area contributed by atoms with Crippen molar-refractivity contribution in [2.45, 2.75) is 52.4 Å². The molecule has 0 spiro atoms. The van der Waals surface area contributed by atoms with Gasteiger partial charge in [0.05, 0.1) is 11.3 Å². The predicted octanol–water partition coefficient (Wildman–Crippen LogP) is 8.55. The third-order valence-electron chi connectivity index (χ3n) is 11.9. The second-order valence-electron chi connectivity index (χ2n) is 16.9. The molecule has 51 heavy (non-hydrogen) atoms. The van der Waals surface area contributed by atoms with Gasteiger partial charge >= 0.3 is 6.85 Å². The van der Waals surface area contributed by atoms with Crippen LogP contribution in [0.4, 0.5) is 28.4 Å². The number of rotatable bonds is 1. The molecule has 5 heterocycles. The second kappa shape index (κ2) is 9.67. The third kappa shape index (κ3) is 3.76. The Balaban J connectivity index is 1.31. The van der Waals surface area contributed by atoms with E-state index in [0.717, 1.165) is 28.0 Å². The Morgan fingerprint density at radius 1 is 0.529 bits per heavy atom. The summed E-state index contributed by atoms with van der Waals surface area (Å²) in [5.74, 6) is 0. The minimum Gasteiger partial charge on any atom is -0.468 e. The fourth-order valence-corrected chi connectivity index (χ4v) is 9.52. The maximum absolute atomic E-state index is 7.14. The van der Waals surface area contributed by atoms with Gasteiger partial charge in [-0.2, -0.15) is 0 Å². The summed E-state index contributed by atoms with van der Waals surface area (Å²) >= 11 is 0. The molecule has 0 bridgehead atoms. The van der Waals surface area contributed by atoms with Crippen LogP contribution in [-0.4, -0.2) is 13.6 Å². The van der Waals surface area contributed by atoms with E-state index in [1.54, 1.807) is 0 Å². The van der Waals surface area contributed by atoms with Gasteiger partial charge in [-0.25, -0.2) is 0 Å². The first kappa shape index (κ1) is 29.3. The molecule has 1 aromatic heterocycles. The van der Waals surface area contributed by atoms with Crippen molar-refractivity contribution in [3.8, 4) is 22.3 Å². The Hall–Kier alpha value is -5.41. The largest absolute Gasteiger partial charge is 0.468 e. The zero-order valence-corrected chi connectivity index (χ0v) is 30.0. The zero-order chi connectivity index (χ0) is 34.6. The van der Waals surface area contributed by atoms with E-state index in [4.69, 9.17) is 4.42 Å². The van der Waals surface area contributed by atoms with Crippen LogP contribution in [0.25, 0.3) is 33.2 Å². The van der Waals surface area contributed by atoms with Crippen LogP contribution in [0.3, 0.4) is 0 Å². The SMILES string of the molecule is CC(C)(C)c1ccc(N2c3ccc4c5c3B(c3cc(C(C)(C)C)cc6c3N5B(c3ccccc3-6)c3ccccc3-4)c3oc4ccccc4c32)cc1. The molecule has 11 rings (SSSR count). The molecule has 0 saturated carbocycles. The summed E-state index contributed by atoms with van der Waals surface area (Å²) in [5, 5.41) is 1.15. The molecule has 0 unspecified atom stereocenters. The smallest absolute Gasteiger partial charge is 0.329 e. The monoisotopic (exact) mass is 656 g/mol. The Morgan fingerprint density at radius 2 is 1.18 bits per heavy atom. The molecule has 0 atom stereocenters. The van der Waals surface area contributed by atoms with Gasteiger partial charge in [0, 0.05) is 39.3 Å². The molecular formula is C46H38B2N2O. The maximum Gasteiger partial charge on any atom is 0.329 e. The van der Waals surface area contributed by atoms with Gasteiger partial charge in [-0.3, -0.25) is 0 Å². The molecule has 6 aromatic carbocycles. The molecule has 5 heteroatoms. The fraction of sp³-hybridized carbons (Fsp3) is 0.174. The first-order valence-electron chi connectivity index (χ1n) is 18.3. The number of fused-ring (bicyclic) bond motifs is 11. The van der Waals surface area contributed by atoms with Crippen molar-refractivity contribution in [2.24, 2.45) is 0 Å². The minimum atomic E-state index is -0.0640. The highest BCUT2D eigenvalue weighted by Crippen LogP contribution is 2.52. The number of benzene rings is 6. The highest BCUT2D eigenvalue weighted by atomic mass is 16.3. The molecule has 3 nitrogen and oxygen atoms in total. The lowest BCUT2D eigenvalue weighted by atomic mass is 9.32. The van der Waals surface area contributed by atoms with Crippen molar-refractivity contribution >= 4 is 80.5 Å². The molecule has 4 aliphatic heterocycles. The van der Waals surface area contributed by atoms with Gasteiger partial charge in [-0.15, -0.1) is 0 Å². The number of anilines is 5. The molecular weight excluding hydrogens is 618 g/mol. The van der Waals surface area contributed by atoms with E-state index in [2.05, 4.69) is 173 Å². The number of hydrogen-bond donors (Lipinski definition) is 0. The topological polar surface area (TPSA) is 19.6 Å². The lowest BCUT2D eigenvalue weighted by molar-refractivity contribution is 0.590. The Labute approximate surface area is 300 Å². The van der Waals surface area contributed by atoms with Crippen molar-refractivity contribution < 1.29 is 4.42 Å². The lowest BCUT2D eigenvalue weighted by Gasteiger charge is -2.51. The molecule has 0 aliphatic carbocycles. The maximum atomic E-state index is 7.14. The number of hydrogen-bond acceptors (Lipinski definition) is 3. The van der Waals surface area contributed by atoms with E-state index in [0.29, 0.717) is 0 Å². The molecule has 0 amide bonds.